The molecule has 1 amide bonds. The van der Waals surface area contributed by atoms with E-state index in [9.17, 15) is 4.79 Å². The lowest BCUT2D eigenvalue weighted by molar-refractivity contribution is -0.906. The van der Waals surface area contributed by atoms with E-state index in [0.29, 0.717) is 0 Å². The number of rotatable bonds is 9. The van der Waals surface area contributed by atoms with E-state index in [1.54, 1.807) is 0 Å². The average molecular weight is 344 g/mol. The summed E-state index contributed by atoms with van der Waals surface area (Å²) in [4.78, 5) is 12.5. The fourth-order valence-corrected chi connectivity index (χ4v) is 3.22. The largest absolute Gasteiger partial charge is 0.353 e. The molecule has 1 N–H and O–H groups in total. The highest BCUT2D eigenvalue weighted by Gasteiger charge is 2.33. The highest BCUT2D eigenvalue weighted by atomic mass is 16.2. The van der Waals surface area contributed by atoms with Gasteiger partial charge in [-0.25, -0.2) is 0 Å². The summed E-state index contributed by atoms with van der Waals surface area (Å²) in [7, 11) is 2.32. The van der Waals surface area contributed by atoms with Crippen molar-refractivity contribution in [3.8, 4) is 0 Å². The molecule has 0 aromatic heterocycles. The third-order valence-electron chi connectivity index (χ3n) is 4.83. The first-order valence-electron chi connectivity index (χ1n) is 10.00. The van der Waals surface area contributed by atoms with Crippen molar-refractivity contribution in [3.63, 3.8) is 0 Å². The number of hydrogen-bond acceptors (Lipinski definition) is 1. The maximum Gasteiger partial charge on any atom is 0.225 e. The fraction of sp³-hybridized carbons (Fsp3) is 0.952. The standard InChI is InChI=1S/C19H40N2O.C2H6/c1-10-21(9,11-2)14-12-13-16(3)20-17(22)19(7,8)15-18(4,5)6;1-2/h16H,10-15H2,1-9H3;1-2H3/p+1. The summed E-state index contributed by atoms with van der Waals surface area (Å²) in [6, 6.07) is 0.258. The second kappa shape index (κ2) is 11.1. The number of carbonyl (C=O) groups is 1. The Bertz CT molecular complexity index is 338. The molecule has 24 heavy (non-hydrogen) atoms. The molecule has 3 heteroatoms. The third-order valence-corrected chi connectivity index (χ3v) is 4.83. The maximum atomic E-state index is 12.5. The van der Waals surface area contributed by atoms with E-state index in [1.807, 2.05) is 13.8 Å². The molecule has 0 spiro atoms. The zero-order chi connectivity index (χ0) is 19.6. The number of hydrogen-bond donors (Lipinski definition) is 1. The second-order valence-electron chi connectivity index (χ2n) is 9.11. The third kappa shape index (κ3) is 11.1. The van der Waals surface area contributed by atoms with Crippen molar-refractivity contribution in [2.75, 3.05) is 26.7 Å². The molecule has 0 aliphatic heterocycles. The summed E-state index contributed by atoms with van der Waals surface area (Å²) in [6.45, 7) is 24.9. The normalized spacial score (nSPS) is 13.8. The van der Waals surface area contributed by atoms with Gasteiger partial charge in [-0.2, -0.15) is 0 Å². The van der Waals surface area contributed by atoms with Crippen LogP contribution in [-0.4, -0.2) is 43.1 Å². The van der Waals surface area contributed by atoms with Gasteiger partial charge < -0.3 is 9.80 Å². The van der Waals surface area contributed by atoms with E-state index in [4.69, 9.17) is 0 Å². The molecule has 0 bridgehead atoms. The Hall–Kier alpha value is -0.570. The fourth-order valence-electron chi connectivity index (χ4n) is 3.22. The van der Waals surface area contributed by atoms with Crippen molar-refractivity contribution >= 4 is 5.91 Å². The minimum absolute atomic E-state index is 0.172. The highest BCUT2D eigenvalue weighted by Crippen LogP contribution is 2.33. The van der Waals surface area contributed by atoms with Crippen LogP contribution in [0.15, 0.2) is 0 Å². The second-order valence-corrected chi connectivity index (χ2v) is 9.11. The van der Waals surface area contributed by atoms with Crippen molar-refractivity contribution in [3.05, 3.63) is 0 Å². The Morgan fingerprint density at radius 2 is 1.50 bits per heavy atom. The molecule has 0 radical (unpaired) electrons. The van der Waals surface area contributed by atoms with Gasteiger partial charge in [0.1, 0.15) is 0 Å². The van der Waals surface area contributed by atoms with Crippen LogP contribution in [0.3, 0.4) is 0 Å². The Balaban J connectivity index is 0. The van der Waals surface area contributed by atoms with E-state index in [0.717, 1.165) is 17.3 Å². The van der Waals surface area contributed by atoms with Crippen LogP contribution in [0.5, 0.6) is 0 Å². The lowest BCUT2D eigenvalue weighted by atomic mass is 9.75. The minimum atomic E-state index is -0.302. The number of quaternary nitrogens is 1. The highest BCUT2D eigenvalue weighted by molar-refractivity contribution is 5.82. The van der Waals surface area contributed by atoms with Crippen molar-refractivity contribution in [2.24, 2.45) is 10.8 Å². The summed E-state index contributed by atoms with van der Waals surface area (Å²) in [5.41, 5.74) is -0.129. The van der Waals surface area contributed by atoms with Crippen molar-refractivity contribution in [1.82, 2.24) is 5.32 Å². The summed E-state index contributed by atoms with van der Waals surface area (Å²) < 4.78 is 1.12. The van der Waals surface area contributed by atoms with Gasteiger partial charge in [-0.05, 0) is 45.4 Å². The summed E-state index contributed by atoms with van der Waals surface area (Å²) in [6.07, 6.45) is 3.13. The Morgan fingerprint density at radius 1 is 1.04 bits per heavy atom. The molecule has 0 rings (SSSR count). The lowest BCUT2D eigenvalue weighted by Gasteiger charge is -2.33. The van der Waals surface area contributed by atoms with Crippen molar-refractivity contribution < 1.29 is 9.28 Å². The first kappa shape index (κ1) is 25.7. The van der Waals surface area contributed by atoms with Crippen LogP contribution in [0.2, 0.25) is 0 Å². The van der Waals surface area contributed by atoms with Crippen LogP contribution in [0.1, 0.15) is 88.5 Å². The number of carbonyl (C=O) groups excluding carboxylic acids is 1. The lowest BCUT2D eigenvalue weighted by Crippen LogP contribution is -2.46. The van der Waals surface area contributed by atoms with Crippen LogP contribution in [-0.2, 0) is 4.79 Å². The van der Waals surface area contributed by atoms with E-state index in [-0.39, 0.29) is 22.8 Å². The van der Waals surface area contributed by atoms with Gasteiger partial charge in [0.2, 0.25) is 5.91 Å². The van der Waals surface area contributed by atoms with Crippen molar-refractivity contribution in [2.45, 2.75) is 94.5 Å². The van der Waals surface area contributed by atoms with E-state index >= 15 is 0 Å². The molecule has 0 saturated carbocycles. The Kier molecular flexibility index (Phi) is 11.9. The molecule has 0 saturated heterocycles. The zero-order valence-corrected chi connectivity index (χ0v) is 18.7. The minimum Gasteiger partial charge on any atom is -0.353 e. The monoisotopic (exact) mass is 343 g/mol. The van der Waals surface area contributed by atoms with E-state index in [2.05, 4.69) is 67.8 Å². The summed E-state index contributed by atoms with van der Waals surface area (Å²) >= 11 is 0. The van der Waals surface area contributed by atoms with Gasteiger partial charge in [0.15, 0.2) is 0 Å². The number of amides is 1. The molecule has 146 valence electrons. The predicted octanol–water partition coefficient (Wildman–Crippen LogP) is 5.25. The number of nitrogens with zero attached hydrogens (tertiary/aromatic N) is 1. The summed E-state index contributed by atoms with van der Waals surface area (Å²) in [5, 5.41) is 3.22. The molecule has 0 aliphatic rings. The van der Waals surface area contributed by atoms with E-state index < -0.39 is 0 Å². The van der Waals surface area contributed by atoms with Gasteiger partial charge in [-0.3, -0.25) is 4.79 Å². The first-order valence-corrected chi connectivity index (χ1v) is 10.00. The molecule has 1 unspecified atom stereocenters. The quantitative estimate of drug-likeness (QED) is 0.569. The van der Waals surface area contributed by atoms with Gasteiger partial charge in [0, 0.05) is 11.5 Å². The van der Waals surface area contributed by atoms with Gasteiger partial charge in [-0.15, -0.1) is 0 Å². The molecular formula is C21H47N2O+. The average Bonchev–Trinajstić information content (AvgIpc) is 2.46. The zero-order valence-electron chi connectivity index (χ0n) is 18.7. The van der Waals surface area contributed by atoms with Gasteiger partial charge in [0.05, 0.1) is 26.7 Å². The van der Waals surface area contributed by atoms with Crippen LogP contribution in [0.25, 0.3) is 0 Å². The molecule has 0 heterocycles. The van der Waals surface area contributed by atoms with Gasteiger partial charge >= 0.3 is 0 Å². The molecule has 0 fully saturated rings. The predicted molar refractivity (Wildman–Crippen MR) is 108 cm³/mol. The maximum absolute atomic E-state index is 12.5. The van der Waals surface area contributed by atoms with Crippen LogP contribution < -0.4 is 5.32 Å². The molecule has 0 aromatic carbocycles. The molecule has 3 nitrogen and oxygen atoms in total. The Labute approximate surface area is 153 Å². The van der Waals surface area contributed by atoms with Crippen molar-refractivity contribution in [1.29, 1.82) is 0 Å². The van der Waals surface area contributed by atoms with Gasteiger partial charge in [-0.1, -0.05) is 48.5 Å². The topological polar surface area (TPSA) is 29.1 Å². The number of nitrogens with one attached hydrogen (secondary N) is 1. The van der Waals surface area contributed by atoms with Crippen LogP contribution in [0.4, 0.5) is 0 Å². The summed E-state index contributed by atoms with van der Waals surface area (Å²) in [5.74, 6) is 0.193. The van der Waals surface area contributed by atoms with E-state index in [1.165, 1.54) is 26.1 Å². The van der Waals surface area contributed by atoms with Crippen LogP contribution in [0, 0.1) is 10.8 Å². The smallest absolute Gasteiger partial charge is 0.225 e. The Morgan fingerprint density at radius 3 is 1.88 bits per heavy atom. The molecule has 0 aliphatic carbocycles. The molecular weight excluding hydrogens is 296 g/mol. The van der Waals surface area contributed by atoms with Crippen LogP contribution >= 0.6 is 0 Å². The molecule has 1 atom stereocenters. The first-order chi connectivity index (χ1) is 10.9. The SMILES string of the molecule is CC.CC[N+](C)(CC)CCCC(C)NC(=O)C(C)(C)CC(C)(C)C. The molecule has 0 aromatic rings. The van der Waals surface area contributed by atoms with Gasteiger partial charge in [0.25, 0.3) is 0 Å².